The third-order valence-electron chi connectivity index (χ3n) is 2.04. The lowest BCUT2D eigenvalue weighted by Gasteiger charge is -2.02. The summed E-state index contributed by atoms with van der Waals surface area (Å²) >= 11 is 0. The van der Waals surface area contributed by atoms with E-state index in [4.69, 9.17) is 0 Å². The first kappa shape index (κ1) is 12.2. The van der Waals surface area contributed by atoms with Crippen LogP contribution in [0.1, 0.15) is 19.8 Å². The number of carbonyl (C=O) groups excluding carboxylic acids is 2. The quantitative estimate of drug-likeness (QED) is 0.602. The van der Waals surface area contributed by atoms with Crippen LogP contribution in [-0.4, -0.2) is 38.3 Å². The standard InChI is InChI=1S/C9H14O5S/c1-2-14-9(11)6-15(12,13)5-8(10)7-3-4-7/h7H,2-6H2,1H3. The summed E-state index contributed by atoms with van der Waals surface area (Å²) in [6.45, 7) is 1.74. The van der Waals surface area contributed by atoms with E-state index >= 15 is 0 Å². The van der Waals surface area contributed by atoms with Gasteiger partial charge in [0.05, 0.1) is 6.61 Å². The molecule has 0 heterocycles. The van der Waals surface area contributed by atoms with Crippen molar-refractivity contribution < 1.29 is 22.7 Å². The number of carbonyl (C=O) groups is 2. The number of sulfone groups is 1. The van der Waals surface area contributed by atoms with Crippen LogP contribution in [-0.2, 0) is 24.2 Å². The highest BCUT2D eigenvalue weighted by Crippen LogP contribution is 2.30. The third kappa shape index (κ3) is 4.42. The Bertz CT molecular complexity index is 353. The fourth-order valence-corrected chi connectivity index (χ4v) is 2.39. The Morgan fingerprint density at radius 1 is 1.27 bits per heavy atom. The van der Waals surface area contributed by atoms with Gasteiger partial charge in [-0.25, -0.2) is 8.42 Å². The van der Waals surface area contributed by atoms with Crippen LogP contribution in [0.2, 0.25) is 0 Å². The summed E-state index contributed by atoms with van der Waals surface area (Å²) in [7, 11) is -3.63. The van der Waals surface area contributed by atoms with Gasteiger partial charge in [0.1, 0.15) is 11.5 Å². The second-order valence-corrected chi connectivity index (χ2v) is 5.64. The van der Waals surface area contributed by atoms with Crippen molar-refractivity contribution >= 4 is 21.6 Å². The van der Waals surface area contributed by atoms with E-state index in [-0.39, 0.29) is 18.3 Å². The van der Waals surface area contributed by atoms with Crippen molar-refractivity contribution in [3.8, 4) is 0 Å². The molecule has 0 radical (unpaired) electrons. The van der Waals surface area contributed by atoms with Crippen molar-refractivity contribution in [2.45, 2.75) is 19.8 Å². The van der Waals surface area contributed by atoms with E-state index in [2.05, 4.69) is 4.74 Å². The van der Waals surface area contributed by atoms with Gasteiger partial charge in [-0.1, -0.05) is 0 Å². The van der Waals surface area contributed by atoms with Gasteiger partial charge in [-0.3, -0.25) is 9.59 Å². The monoisotopic (exact) mass is 234 g/mol. The summed E-state index contributed by atoms with van der Waals surface area (Å²) in [5.41, 5.74) is 0. The minimum atomic E-state index is -3.63. The molecule has 1 fully saturated rings. The summed E-state index contributed by atoms with van der Waals surface area (Å²) in [4.78, 5) is 22.1. The molecule has 0 saturated heterocycles. The van der Waals surface area contributed by atoms with Gasteiger partial charge < -0.3 is 4.74 Å². The molecule has 1 aliphatic carbocycles. The molecule has 0 aromatic carbocycles. The zero-order chi connectivity index (χ0) is 11.5. The highest BCUT2D eigenvalue weighted by molar-refractivity contribution is 7.92. The summed E-state index contributed by atoms with van der Waals surface area (Å²) < 4.78 is 27.2. The Kier molecular flexibility index (Phi) is 3.84. The molecule has 0 aromatic rings. The maximum atomic E-state index is 11.3. The van der Waals surface area contributed by atoms with E-state index in [0.29, 0.717) is 0 Å². The van der Waals surface area contributed by atoms with Crippen LogP contribution in [0.4, 0.5) is 0 Å². The zero-order valence-electron chi connectivity index (χ0n) is 8.56. The minimum Gasteiger partial charge on any atom is -0.465 e. The van der Waals surface area contributed by atoms with Gasteiger partial charge in [-0.05, 0) is 19.8 Å². The van der Waals surface area contributed by atoms with E-state index in [1.807, 2.05) is 0 Å². The van der Waals surface area contributed by atoms with Crippen molar-refractivity contribution in [1.29, 1.82) is 0 Å². The summed E-state index contributed by atoms with van der Waals surface area (Å²) in [5, 5.41) is 0. The highest BCUT2D eigenvalue weighted by atomic mass is 32.2. The number of esters is 1. The molecular weight excluding hydrogens is 220 g/mol. The Balaban J connectivity index is 2.43. The van der Waals surface area contributed by atoms with Gasteiger partial charge in [0, 0.05) is 5.92 Å². The lowest BCUT2D eigenvalue weighted by molar-refractivity contribution is -0.139. The highest BCUT2D eigenvalue weighted by Gasteiger charge is 2.33. The van der Waals surface area contributed by atoms with E-state index in [1.54, 1.807) is 6.92 Å². The molecule has 1 saturated carbocycles. The number of hydrogen-bond donors (Lipinski definition) is 0. The maximum Gasteiger partial charge on any atom is 0.321 e. The van der Waals surface area contributed by atoms with Crippen LogP contribution in [0.5, 0.6) is 0 Å². The Morgan fingerprint density at radius 3 is 2.33 bits per heavy atom. The van der Waals surface area contributed by atoms with Gasteiger partial charge in [-0.2, -0.15) is 0 Å². The van der Waals surface area contributed by atoms with Crippen LogP contribution >= 0.6 is 0 Å². The molecule has 0 unspecified atom stereocenters. The van der Waals surface area contributed by atoms with Gasteiger partial charge in [-0.15, -0.1) is 0 Å². The summed E-state index contributed by atoms with van der Waals surface area (Å²) in [6, 6.07) is 0. The van der Waals surface area contributed by atoms with Crippen LogP contribution in [0, 0.1) is 5.92 Å². The first-order valence-electron chi connectivity index (χ1n) is 4.83. The van der Waals surface area contributed by atoms with Crippen LogP contribution in [0.15, 0.2) is 0 Å². The van der Waals surface area contributed by atoms with Crippen molar-refractivity contribution in [3.63, 3.8) is 0 Å². The van der Waals surface area contributed by atoms with Gasteiger partial charge in [0.25, 0.3) is 0 Å². The van der Waals surface area contributed by atoms with Crippen molar-refractivity contribution in [2.75, 3.05) is 18.1 Å². The number of hydrogen-bond acceptors (Lipinski definition) is 5. The molecule has 0 amide bonds. The van der Waals surface area contributed by atoms with Gasteiger partial charge >= 0.3 is 5.97 Å². The van der Waals surface area contributed by atoms with E-state index in [0.717, 1.165) is 12.8 Å². The molecule has 0 atom stereocenters. The van der Waals surface area contributed by atoms with E-state index in [1.165, 1.54) is 0 Å². The van der Waals surface area contributed by atoms with Crippen LogP contribution in [0.25, 0.3) is 0 Å². The van der Waals surface area contributed by atoms with E-state index < -0.39 is 27.3 Å². The van der Waals surface area contributed by atoms with Crippen molar-refractivity contribution in [2.24, 2.45) is 5.92 Å². The Labute approximate surface area is 88.7 Å². The SMILES string of the molecule is CCOC(=O)CS(=O)(=O)CC(=O)C1CC1. The first-order valence-corrected chi connectivity index (χ1v) is 6.65. The molecule has 0 aliphatic heterocycles. The number of ketones is 1. The van der Waals surface area contributed by atoms with Crippen molar-refractivity contribution in [1.82, 2.24) is 0 Å². The Hall–Kier alpha value is -0.910. The molecular formula is C9H14O5S. The lowest BCUT2D eigenvalue weighted by atomic mass is 10.3. The average Bonchev–Trinajstić information content (AvgIpc) is 2.82. The molecule has 5 nitrogen and oxygen atoms in total. The minimum absolute atomic E-state index is 0.0954. The smallest absolute Gasteiger partial charge is 0.321 e. The zero-order valence-corrected chi connectivity index (χ0v) is 9.38. The summed E-state index contributed by atoms with van der Waals surface area (Å²) in [6.07, 6.45) is 1.54. The molecule has 0 N–H and O–H groups in total. The second-order valence-electron chi connectivity index (χ2n) is 3.58. The number of rotatable bonds is 6. The molecule has 1 aliphatic rings. The summed E-state index contributed by atoms with van der Waals surface area (Å²) in [5.74, 6) is -2.39. The average molecular weight is 234 g/mol. The van der Waals surface area contributed by atoms with E-state index in [9.17, 15) is 18.0 Å². The molecule has 0 aromatic heterocycles. The molecule has 0 bridgehead atoms. The Morgan fingerprint density at radius 2 is 1.87 bits per heavy atom. The van der Waals surface area contributed by atoms with Crippen LogP contribution < -0.4 is 0 Å². The predicted molar refractivity (Wildman–Crippen MR) is 53.0 cm³/mol. The van der Waals surface area contributed by atoms with Gasteiger partial charge in [0.15, 0.2) is 15.6 Å². The molecule has 15 heavy (non-hydrogen) atoms. The normalized spacial score (nSPS) is 16.1. The van der Waals surface area contributed by atoms with Crippen LogP contribution in [0.3, 0.4) is 0 Å². The molecule has 0 spiro atoms. The molecule has 1 rings (SSSR count). The molecule has 6 heteroatoms. The number of ether oxygens (including phenoxy) is 1. The number of Topliss-reactive ketones (excluding diaryl/α,β-unsaturated/α-hetero) is 1. The lowest BCUT2D eigenvalue weighted by Crippen LogP contribution is -2.25. The predicted octanol–water partition coefficient (Wildman–Crippen LogP) is -0.0566. The van der Waals surface area contributed by atoms with Gasteiger partial charge in [0.2, 0.25) is 0 Å². The fourth-order valence-electron chi connectivity index (χ4n) is 1.17. The van der Waals surface area contributed by atoms with Crippen molar-refractivity contribution in [3.05, 3.63) is 0 Å². The second kappa shape index (κ2) is 4.74. The largest absolute Gasteiger partial charge is 0.465 e. The first-order chi connectivity index (χ1) is 6.94. The molecule has 86 valence electrons. The topological polar surface area (TPSA) is 77.5 Å². The maximum absolute atomic E-state index is 11.3. The fraction of sp³-hybridized carbons (Fsp3) is 0.778. The third-order valence-corrected chi connectivity index (χ3v) is 3.44.